The average molecular weight is 896 g/mol. The molecule has 2 N–H and O–H groups in total. The topological polar surface area (TPSA) is 154 Å². The quantitative estimate of drug-likeness (QED) is 0.209. The summed E-state index contributed by atoms with van der Waals surface area (Å²) < 4.78 is 14.3. The zero-order valence-corrected chi connectivity index (χ0v) is 39.7. The number of carbonyl (C=O) groups is 4. The summed E-state index contributed by atoms with van der Waals surface area (Å²) in [6, 6.07) is 7.69. The maximum Gasteiger partial charge on any atom is 0.324 e. The highest BCUT2D eigenvalue weighted by Crippen LogP contribution is 2.42. The second-order valence-electron chi connectivity index (χ2n) is 19.5. The van der Waals surface area contributed by atoms with Gasteiger partial charge in [-0.05, 0) is 87.7 Å². The van der Waals surface area contributed by atoms with E-state index >= 15 is 0 Å². The molecule has 0 aliphatic carbocycles. The van der Waals surface area contributed by atoms with E-state index in [0.29, 0.717) is 62.3 Å². The Bertz CT molecular complexity index is 2380. The van der Waals surface area contributed by atoms with Crippen LogP contribution >= 0.6 is 11.3 Å². The number of hydrazine groups is 1. The number of carbonyl (C=O) groups excluding carboxylic acids is 4. The van der Waals surface area contributed by atoms with Crippen molar-refractivity contribution in [3.63, 3.8) is 0 Å². The van der Waals surface area contributed by atoms with Crippen molar-refractivity contribution in [3.8, 4) is 22.5 Å². The normalized spacial score (nSPS) is 23.8. The van der Waals surface area contributed by atoms with E-state index in [9.17, 15) is 19.2 Å². The first-order valence-corrected chi connectivity index (χ1v) is 23.8. The first-order chi connectivity index (χ1) is 30.6. The van der Waals surface area contributed by atoms with Crippen molar-refractivity contribution < 1.29 is 28.7 Å². The molecule has 3 fully saturated rings. The van der Waals surface area contributed by atoms with Gasteiger partial charge in [0.15, 0.2) is 0 Å². The first-order valence-electron chi connectivity index (χ1n) is 22.9. The second kappa shape index (κ2) is 18.5. The van der Waals surface area contributed by atoms with Gasteiger partial charge in [-0.2, -0.15) is 0 Å². The van der Waals surface area contributed by atoms with Gasteiger partial charge in [-0.3, -0.25) is 24.4 Å². The number of fused-ring (bicyclic) bond motifs is 7. The molecule has 4 aliphatic heterocycles. The minimum Gasteiger partial charge on any atom is -0.464 e. The van der Waals surface area contributed by atoms with Gasteiger partial charge in [0, 0.05) is 98.9 Å². The smallest absolute Gasteiger partial charge is 0.324 e. The zero-order valence-electron chi connectivity index (χ0n) is 38.8. The number of esters is 1. The van der Waals surface area contributed by atoms with Gasteiger partial charge < -0.3 is 34.1 Å². The average Bonchev–Trinajstić information content (AvgIpc) is 4.06. The summed E-state index contributed by atoms with van der Waals surface area (Å²) in [4.78, 5) is 72.6. The number of likely N-dealkylation sites (N-methyl/N-ethyl adjacent to an activating group) is 1. The summed E-state index contributed by atoms with van der Waals surface area (Å²) in [6.45, 7) is 16.7. The number of nitrogens with zero attached hydrogens (tertiary/aromatic N) is 7. The van der Waals surface area contributed by atoms with Crippen molar-refractivity contribution in [1.82, 2.24) is 45.0 Å². The number of hydrogen-bond donors (Lipinski definition) is 2. The van der Waals surface area contributed by atoms with Gasteiger partial charge in [0.1, 0.15) is 18.1 Å². The lowest BCUT2D eigenvalue weighted by Crippen LogP contribution is -2.62. The lowest BCUT2D eigenvalue weighted by atomic mass is 9.84. The Morgan fingerprint density at radius 3 is 2.56 bits per heavy atom. The lowest BCUT2D eigenvalue weighted by molar-refractivity contribution is -0.155. The van der Waals surface area contributed by atoms with E-state index in [4.69, 9.17) is 19.4 Å². The lowest BCUT2D eigenvalue weighted by Gasteiger charge is -2.37. The Labute approximate surface area is 380 Å². The van der Waals surface area contributed by atoms with Crippen LogP contribution in [0.25, 0.3) is 33.4 Å². The molecule has 64 heavy (non-hydrogen) atoms. The second-order valence-corrected chi connectivity index (χ2v) is 20.4. The number of methoxy groups -OCH3 is 1. The number of amides is 4. The number of ether oxygens (including phenoxy) is 2. The van der Waals surface area contributed by atoms with Gasteiger partial charge in [0.2, 0.25) is 5.91 Å². The first kappa shape index (κ1) is 45.7. The van der Waals surface area contributed by atoms with E-state index in [1.165, 1.54) is 16.3 Å². The summed E-state index contributed by atoms with van der Waals surface area (Å²) in [7, 11) is 5.49. The molecule has 3 saturated heterocycles. The summed E-state index contributed by atoms with van der Waals surface area (Å²) in [5.41, 5.74) is 9.44. The monoisotopic (exact) mass is 895 g/mol. The van der Waals surface area contributed by atoms with Crippen LogP contribution in [0.4, 0.5) is 4.79 Å². The molecular weight excluding hydrogens is 831 g/mol. The number of aromatic nitrogens is 3. The molecule has 3 aromatic heterocycles. The number of aryl methyl sites for hydroxylation is 1. The molecule has 0 spiro atoms. The van der Waals surface area contributed by atoms with Gasteiger partial charge in [-0.1, -0.05) is 33.8 Å². The summed E-state index contributed by atoms with van der Waals surface area (Å²) >= 11 is 1.44. The fourth-order valence-corrected chi connectivity index (χ4v) is 11.3. The fraction of sp³-hybridized carbons (Fsp3) is 0.583. The number of urea groups is 1. The Balaban J connectivity index is 1.15. The molecule has 15 nitrogen and oxygen atoms in total. The SMILES string of the molecule is CCn1c(-c2cccnc2[C@H](C)OC)c2c3cc(ccc31)-c1csc(n1)C[C@H](NC(=O)[C@H](C(C)C)N(C)C(=O)N1C[C@H]3CN(C)C[C@H]3C1)C(=O)N1CCC[C@H](N1)C(=O)OCC(C)(C)C2. The van der Waals surface area contributed by atoms with Crippen LogP contribution in [0, 0.1) is 23.2 Å². The van der Waals surface area contributed by atoms with Crippen LogP contribution in [0.15, 0.2) is 41.9 Å². The molecule has 4 aliphatic rings. The van der Waals surface area contributed by atoms with Crippen molar-refractivity contribution in [2.45, 2.75) is 98.0 Å². The Hall–Kier alpha value is -4.90. The minimum atomic E-state index is -1.03. The summed E-state index contributed by atoms with van der Waals surface area (Å²) in [5.74, 6) is -0.616. The largest absolute Gasteiger partial charge is 0.464 e. The molecular formula is C48H65N9O6S. The van der Waals surface area contributed by atoms with Gasteiger partial charge in [0.25, 0.3) is 5.91 Å². The molecule has 8 rings (SSSR count). The number of rotatable bonds is 8. The molecule has 6 atom stereocenters. The van der Waals surface area contributed by atoms with Gasteiger partial charge in [0.05, 0.1) is 34.8 Å². The number of thiazole rings is 1. The predicted molar refractivity (Wildman–Crippen MR) is 247 cm³/mol. The molecule has 4 amide bonds. The van der Waals surface area contributed by atoms with Crippen LogP contribution in [0.5, 0.6) is 0 Å². The van der Waals surface area contributed by atoms with Crippen LogP contribution in [0.2, 0.25) is 0 Å². The minimum absolute atomic E-state index is 0.119. The number of hydrogen-bond acceptors (Lipinski definition) is 11. The van der Waals surface area contributed by atoms with E-state index in [1.807, 2.05) is 37.1 Å². The van der Waals surface area contributed by atoms with Crippen molar-refractivity contribution >= 4 is 46.1 Å². The van der Waals surface area contributed by atoms with Gasteiger partial charge in [-0.15, -0.1) is 11.3 Å². The van der Waals surface area contributed by atoms with Crippen LogP contribution in [0.3, 0.4) is 0 Å². The van der Waals surface area contributed by atoms with Crippen LogP contribution in [0.1, 0.15) is 76.8 Å². The van der Waals surface area contributed by atoms with E-state index in [-0.39, 0.29) is 37.0 Å². The highest BCUT2D eigenvalue weighted by molar-refractivity contribution is 7.10. The molecule has 6 bridgehead atoms. The molecule has 0 radical (unpaired) electrons. The summed E-state index contributed by atoms with van der Waals surface area (Å²) in [6.07, 6.45) is 3.33. The Morgan fingerprint density at radius 1 is 1.11 bits per heavy atom. The number of cyclic esters (lactones) is 1. The number of benzene rings is 1. The van der Waals surface area contributed by atoms with Crippen LogP contribution < -0.4 is 10.7 Å². The van der Waals surface area contributed by atoms with Gasteiger partial charge in [-0.25, -0.2) is 15.2 Å². The van der Waals surface area contributed by atoms with E-state index < -0.39 is 35.4 Å². The maximum atomic E-state index is 14.6. The molecule has 0 unspecified atom stereocenters. The van der Waals surface area contributed by atoms with Gasteiger partial charge >= 0.3 is 12.0 Å². The maximum absolute atomic E-state index is 14.6. The van der Waals surface area contributed by atoms with Crippen LogP contribution in [-0.4, -0.2) is 137 Å². The molecule has 344 valence electrons. The zero-order chi connectivity index (χ0) is 45.6. The number of nitrogens with one attached hydrogen (secondary N) is 2. The molecule has 7 heterocycles. The van der Waals surface area contributed by atoms with Crippen molar-refractivity contribution in [2.75, 3.05) is 60.5 Å². The van der Waals surface area contributed by atoms with Crippen molar-refractivity contribution in [2.24, 2.45) is 23.2 Å². The third-order valence-electron chi connectivity index (χ3n) is 13.7. The molecule has 16 heteroatoms. The standard InChI is InChI=1S/C48H65N9O6S/c1-10-56-39-16-15-30-19-34(39)35(43(56)33-13-11-17-49-41(33)29(4)62-9)21-48(5,6)27-63-46(60)36-14-12-18-57(52-36)45(59)37(20-40-50-38(30)26-64-40)51-44(58)42(28(2)3)54(8)47(61)55-24-31-22-53(7)23-32(31)25-55/h11,13,15-17,19,26,28-29,31-32,36-37,42,52H,10,12,14,18,20-25,27H2,1-9H3,(H,51,58)/t29-,31-,32+,36-,37-,42-/m0/s1. The number of likely N-dealkylation sites (tertiary alicyclic amines) is 2. The highest BCUT2D eigenvalue weighted by atomic mass is 32.1. The molecule has 0 saturated carbocycles. The Kier molecular flexibility index (Phi) is 13.2. The third kappa shape index (κ3) is 9.03. The third-order valence-corrected chi connectivity index (χ3v) is 14.6. The van der Waals surface area contributed by atoms with E-state index in [1.54, 1.807) is 25.3 Å². The Morgan fingerprint density at radius 2 is 1.86 bits per heavy atom. The highest BCUT2D eigenvalue weighted by Gasteiger charge is 2.44. The van der Waals surface area contributed by atoms with Crippen molar-refractivity contribution in [1.29, 1.82) is 0 Å². The van der Waals surface area contributed by atoms with E-state index in [2.05, 4.69) is 72.3 Å². The fourth-order valence-electron chi connectivity index (χ4n) is 10.5. The van der Waals surface area contributed by atoms with E-state index in [0.717, 1.165) is 57.8 Å². The van der Waals surface area contributed by atoms with Crippen LogP contribution in [-0.2, 0) is 43.2 Å². The molecule has 4 aromatic rings. The molecule has 1 aromatic carbocycles. The summed E-state index contributed by atoms with van der Waals surface area (Å²) in [5, 5.41) is 8.27. The predicted octanol–water partition coefficient (Wildman–Crippen LogP) is 5.77. The van der Waals surface area contributed by atoms with Crippen molar-refractivity contribution in [3.05, 3.63) is 58.2 Å². The number of pyridine rings is 1.